The normalized spacial score (nSPS) is 9.50. The monoisotopic (exact) mass is 180 g/mol. The van der Waals surface area contributed by atoms with Crippen molar-refractivity contribution < 1.29 is 13.5 Å². The molecule has 72 valence electrons. The predicted octanol–water partition coefficient (Wildman–Crippen LogP) is 1.03. The minimum Gasteiger partial charge on any atom is -0.265 e. The highest BCUT2D eigenvalue weighted by atomic mass is 19.4. The molecule has 0 spiro atoms. The van der Waals surface area contributed by atoms with Crippen molar-refractivity contribution in [2.24, 2.45) is 0 Å². The van der Waals surface area contributed by atoms with Gasteiger partial charge in [-0.15, -0.1) is 0 Å². The summed E-state index contributed by atoms with van der Waals surface area (Å²) < 4.78 is 26.0. The van der Waals surface area contributed by atoms with Crippen LogP contribution in [0.1, 0.15) is 13.8 Å². The third kappa shape index (κ3) is 2.64. The van der Waals surface area contributed by atoms with Gasteiger partial charge in [-0.05, 0) is 13.8 Å². The average Bonchev–Trinajstić information content (AvgIpc) is 1.98. The Morgan fingerprint density at radius 1 is 1.17 bits per heavy atom. The molecule has 0 fully saturated rings. The Balaban J connectivity index is 4.62. The van der Waals surface area contributed by atoms with Crippen molar-refractivity contribution in [2.45, 2.75) is 13.8 Å². The van der Waals surface area contributed by atoms with Crippen LogP contribution in [0.3, 0.4) is 0 Å². The molecule has 0 N–H and O–H groups in total. The second-order valence-corrected chi connectivity index (χ2v) is 2.60. The molecule has 0 heterocycles. The third-order valence-corrected chi connectivity index (χ3v) is 1.60. The van der Waals surface area contributed by atoms with Gasteiger partial charge in [0.15, 0.2) is 0 Å². The predicted molar refractivity (Wildman–Crippen MR) is 44.1 cm³/mol. The molecular weight excluding hydrogens is 164 g/mol. The molecule has 0 aromatic carbocycles. The van der Waals surface area contributed by atoms with Gasteiger partial charge in [0.2, 0.25) is 0 Å². The first-order valence-corrected chi connectivity index (χ1v) is 3.95. The molecule has 0 unspecified atom stereocenters. The quantitative estimate of drug-likeness (QED) is 0.272. The fourth-order valence-electron chi connectivity index (χ4n) is 1.05. The van der Waals surface area contributed by atoms with Gasteiger partial charge in [0.1, 0.15) is 5.34 Å². The molecule has 0 aliphatic heterocycles. The molecule has 5 heteroatoms. The molecule has 0 aromatic heterocycles. The van der Waals surface area contributed by atoms with Gasteiger partial charge in [0.25, 0.3) is 0 Å². The van der Waals surface area contributed by atoms with E-state index in [2.05, 4.69) is 0 Å². The van der Waals surface area contributed by atoms with E-state index in [1.165, 1.54) is 4.58 Å². The topological polar surface area (TPSA) is 9.49 Å². The Labute approximate surface area is 71.8 Å². The maximum Gasteiger partial charge on any atom is 0.420 e. The maximum absolute atomic E-state index is 12.3. The number of hydrogen-bond donors (Lipinski definition) is 0. The maximum atomic E-state index is 12.3. The lowest BCUT2D eigenvalue weighted by atomic mass is 10.5. The van der Waals surface area contributed by atoms with Crippen LogP contribution in [-0.2, 0) is 0 Å². The van der Waals surface area contributed by atoms with Crippen molar-refractivity contribution in [3.63, 3.8) is 0 Å². The van der Waals surface area contributed by atoms with Crippen molar-refractivity contribution in [3.8, 4) is 0 Å². The highest BCUT2D eigenvalue weighted by Gasteiger charge is 2.26. The lowest BCUT2D eigenvalue weighted by molar-refractivity contribution is -0.484. The van der Waals surface area contributed by atoms with E-state index in [0.717, 1.165) is 0 Å². The molecule has 0 rings (SSSR count). The molecule has 12 heavy (non-hydrogen) atoms. The van der Waals surface area contributed by atoms with Crippen LogP contribution in [0.15, 0.2) is 0 Å². The Kier molecular flexibility index (Phi) is 4.54. The summed E-state index contributed by atoms with van der Waals surface area (Å²) in [6.07, 6.45) is 0. The lowest BCUT2D eigenvalue weighted by Crippen LogP contribution is -2.42. The largest absolute Gasteiger partial charge is 0.420 e. The zero-order valence-electron chi connectivity index (χ0n) is 8.01. The summed E-state index contributed by atoms with van der Waals surface area (Å²) in [6, 6.07) is 0. The zero-order valence-corrected chi connectivity index (χ0v) is 8.01. The molecule has 0 aliphatic carbocycles. The molecule has 0 radical (unpaired) electrons. The minimum absolute atomic E-state index is 0.0694. The first kappa shape index (κ1) is 11.1. The number of guanidine groups is 1. The van der Waals surface area contributed by atoms with E-state index in [1.54, 1.807) is 19.0 Å². The van der Waals surface area contributed by atoms with Crippen LogP contribution in [0.5, 0.6) is 0 Å². The number of halogens is 2. The molecule has 3 nitrogen and oxygen atoms in total. The summed E-state index contributed by atoms with van der Waals surface area (Å²) in [5, 5.41) is -0.854. The van der Waals surface area contributed by atoms with Gasteiger partial charge in [0, 0.05) is 8.96 Å². The van der Waals surface area contributed by atoms with Crippen LogP contribution in [0.4, 0.5) is 8.96 Å². The molecule has 0 saturated carbocycles. The summed E-state index contributed by atoms with van der Waals surface area (Å²) in [7, 11) is 3.19. The average molecular weight is 180 g/mol. The first-order valence-electron chi connectivity index (χ1n) is 3.95. The minimum atomic E-state index is -0.854. The summed E-state index contributed by atoms with van der Waals surface area (Å²) in [5.41, 5.74) is 0. The summed E-state index contributed by atoms with van der Waals surface area (Å²) >= 11 is 0. The fourth-order valence-corrected chi connectivity index (χ4v) is 1.05. The molecule has 0 aromatic rings. The smallest absolute Gasteiger partial charge is 0.265 e. The zero-order chi connectivity index (χ0) is 9.72. The fraction of sp³-hybridized carbons (Fsp3) is 0.857. The molecule has 0 saturated heterocycles. The summed E-state index contributed by atoms with van der Waals surface area (Å²) in [6.45, 7) is 4.84. The second-order valence-electron chi connectivity index (χ2n) is 2.60. The van der Waals surface area contributed by atoms with E-state index in [0.29, 0.717) is 13.1 Å². The van der Waals surface area contributed by atoms with Crippen LogP contribution < -0.4 is 0 Å². The van der Waals surface area contributed by atoms with Crippen molar-refractivity contribution in [2.75, 3.05) is 27.2 Å². The molecule has 0 aliphatic rings. The van der Waals surface area contributed by atoms with Crippen molar-refractivity contribution in [1.82, 2.24) is 10.2 Å². The Hall–Kier alpha value is -0.870. The van der Waals surface area contributed by atoms with Crippen LogP contribution in [0.2, 0.25) is 0 Å². The molecular formula is C7H16F2N3+. The second kappa shape index (κ2) is 4.90. The van der Waals surface area contributed by atoms with E-state index < -0.39 is 5.34 Å². The SMILES string of the molecule is CCN(CC)C(N(F)F)=[N+](C)C. The van der Waals surface area contributed by atoms with E-state index in [9.17, 15) is 8.96 Å². The van der Waals surface area contributed by atoms with E-state index in [1.807, 2.05) is 13.8 Å². The molecule has 0 bridgehead atoms. The molecule has 0 amide bonds. The third-order valence-electron chi connectivity index (χ3n) is 1.60. The van der Waals surface area contributed by atoms with Crippen molar-refractivity contribution in [3.05, 3.63) is 0 Å². The highest BCUT2D eigenvalue weighted by molar-refractivity contribution is 5.72. The van der Waals surface area contributed by atoms with Gasteiger partial charge in [-0.3, -0.25) is 9.48 Å². The number of nitrogens with zero attached hydrogens (tertiary/aromatic N) is 3. The van der Waals surface area contributed by atoms with Crippen molar-refractivity contribution >= 4 is 5.96 Å². The number of hydrogen-bond acceptors (Lipinski definition) is 0. The van der Waals surface area contributed by atoms with Crippen LogP contribution in [0.25, 0.3) is 0 Å². The van der Waals surface area contributed by atoms with Gasteiger partial charge >= 0.3 is 5.96 Å². The van der Waals surface area contributed by atoms with Gasteiger partial charge in [0.05, 0.1) is 27.2 Å². The Morgan fingerprint density at radius 2 is 1.58 bits per heavy atom. The molecule has 0 atom stereocenters. The van der Waals surface area contributed by atoms with Gasteiger partial charge in [-0.1, -0.05) is 0 Å². The first-order chi connectivity index (χ1) is 5.54. The van der Waals surface area contributed by atoms with Crippen molar-refractivity contribution in [1.29, 1.82) is 0 Å². The standard InChI is InChI=1S/C7H16F2N3/c1-5-11(6-2)7(10(3)4)12(8)9/h5-6H2,1-4H3/q+1. The highest BCUT2D eigenvalue weighted by Crippen LogP contribution is 1.99. The van der Waals surface area contributed by atoms with Crippen LogP contribution in [-0.4, -0.2) is 48.0 Å². The van der Waals surface area contributed by atoms with Gasteiger partial charge in [-0.2, -0.15) is 0 Å². The van der Waals surface area contributed by atoms with E-state index >= 15 is 0 Å². The summed E-state index contributed by atoms with van der Waals surface area (Å²) in [4.78, 5) is 1.58. The lowest BCUT2D eigenvalue weighted by Gasteiger charge is -2.16. The van der Waals surface area contributed by atoms with E-state index in [-0.39, 0.29) is 5.96 Å². The number of rotatable bonds is 2. The Bertz CT molecular complexity index is 160. The van der Waals surface area contributed by atoms with Crippen LogP contribution in [0, 0.1) is 0 Å². The van der Waals surface area contributed by atoms with Gasteiger partial charge < -0.3 is 0 Å². The summed E-state index contributed by atoms with van der Waals surface area (Å²) in [5.74, 6) is -0.0694. The van der Waals surface area contributed by atoms with Gasteiger partial charge in [-0.25, -0.2) is 0 Å². The van der Waals surface area contributed by atoms with Crippen LogP contribution >= 0.6 is 0 Å². The Morgan fingerprint density at radius 3 is 1.67 bits per heavy atom. The van der Waals surface area contributed by atoms with E-state index in [4.69, 9.17) is 0 Å².